The predicted octanol–water partition coefficient (Wildman–Crippen LogP) is 0.364. The molecule has 2 N–H and O–H groups in total. The number of imidazole rings is 1. The highest BCUT2D eigenvalue weighted by atomic mass is 32.2. The van der Waals surface area contributed by atoms with Crippen molar-refractivity contribution in [3.8, 4) is 17.0 Å². The number of methoxy groups -OCH3 is 1. The highest BCUT2D eigenvalue weighted by Crippen LogP contribution is 2.29. The number of hydrogen-bond acceptors (Lipinski definition) is 7. The molecule has 1 saturated heterocycles. The largest absolute Gasteiger partial charge is 0.497 e. The molecule has 10 nitrogen and oxygen atoms in total. The molecule has 1 aromatic carbocycles. The fourth-order valence-electron chi connectivity index (χ4n) is 3.23. The Morgan fingerprint density at radius 2 is 1.75 bits per heavy atom. The summed E-state index contributed by atoms with van der Waals surface area (Å²) < 4.78 is 31.4. The Bertz CT molecular complexity index is 1100. The first-order valence-electron chi connectivity index (χ1n) is 8.73. The number of piperazine rings is 1. The van der Waals surface area contributed by atoms with E-state index in [9.17, 15) is 8.42 Å². The number of nitrogens with zero attached hydrogens (tertiary/aromatic N) is 6. The fourth-order valence-corrected chi connectivity index (χ4v) is 3.90. The van der Waals surface area contributed by atoms with Gasteiger partial charge < -0.3 is 14.2 Å². The van der Waals surface area contributed by atoms with Gasteiger partial charge in [0.15, 0.2) is 5.65 Å². The molecule has 3 aromatic rings. The third kappa shape index (κ3) is 3.39. The smallest absolute Gasteiger partial charge is 0.277 e. The van der Waals surface area contributed by atoms with Crippen LogP contribution in [0.25, 0.3) is 22.4 Å². The van der Waals surface area contributed by atoms with Crippen LogP contribution in [0.15, 0.2) is 30.6 Å². The van der Waals surface area contributed by atoms with Crippen molar-refractivity contribution in [1.29, 1.82) is 0 Å². The summed E-state index contributed by atoms with van der Waals surface area (Å²) >= 11 is 0. The summed E-state index contributed by atoms with van der Waals surface area (Å²) in [6.07, 6.45) is 1.70. The van der Waals surface area contributed by atoms with Crippen LogP contribution >= 0.6 is 0 Å². The van der Waals surface area contributed by atoms with Crippen molar-refractivity contribution < 1.29 is 13.2 Å². The number of ether oxygens (including phenoxy) is 1. The number of rotatable bonds is 4. The summed E-state index contributed by atoms with van der Waals surface area (Å²) in [7, 11) is -0.183. The van der Waals surface area contributed by atoms with Gasteiger partial charge in [0.05, 0.1) is 13.4 Å². The third-order valence-electron chi connectivity index (χ3n) is 4.79. The molecule has 1 aliphatic heterocycles. The van der Waals surface area contributed by atoms with E-state index < -0.39 is 10.2 Å². The molecule has 0 saturated carbocycles. The van der Waals surface area contributed by atoms with Crippen LogP contribution in [0.2, 0.25) is 0 Å². The lowest BCUT2D eigenvalue weighted by atomic mass is 10.1. The second-order valence-electron chi connectivity index (χ2n) is 6.56. The van der Waals surface area contributed by atoms with E-state index >= 15 is 0 Å². The van der Waals surface area contributed by atoms with Gasteiger partial charge in [-0.25, -0.2) is 15.1 Å². The molecule has 0 atom stereocenters. The number of fused-ring (bicyclic) bond motifs is 1. The van der Waals surface area contributed by atoms with Gasteiger partial charge in [-0.15, -0.1) is 0 Å². The summed E-state index contributed by atoms with van der Waals surface area (Å²) in [5.41, 5.74) is 3.04. The third-order valence-corrected chi connectivity index (χ3v) is 5.88. The lowest BCUT2D eigenvalue weighted by molar-refractivity contribution is 0.383. The van der Waals surface area contributed by atoms with Crippen LogP contribution in [0.3, 0.4) is 0 Å². The standard InChI is InChI=1S/C17H21N7O3S/c1-22-11-19-15-14(12-3-5-13(27-2)6-4-12)20-17(21-16(15)22)23-7-9-24(10-8-23)28(18,25)26/h3-6,11H,7-10H2,1-2H3,(H2,18,25,26). The molecule has 1 aliphatic rings. The zero-order valence-corrected chi connectivity index (χ0v) is 16.4. The normalized spacial score (nSPS) is 15.9. The van der Waals surface area contributed by atoms with Crippen LogP contribution in [0, 0.1) is 0 Å². The van der Waals surface area contributed by atoms with E-state index in [2.05, 4.69) is 9.97 Å². The summed E-state index contributed by atoms with van der Waals surface area (Å²) in [6.45, 7) is 1.51. The maximum atomic E-state index is 11.5. The Morgan fingerprint density at radius 1 is 1.07 bits per heavy atom. The first kappa shape index (κ1) is 18.6. The van der Waals surface area contributed by atoms with Crippen molar-refractivity contribution in [3.05, 3.63) is 30.6 Å². The SMILES string of the molecule is COc1ccc(-c2nc(N3CCN(S(N)(=O)=O)CC3)nc3c2ncn3C)cc1. The Hall–Kier alpha value is -2.76. The number of hydrogen-bond donors (Lipinski definition) is 1. The minimum atomic E-state index is -3.68. The molecular weight excluding hydrogens is 382 g/mol. The molecule has 0 bridgehead atoms. The number of benzene rings is 1. The minimum absolute atomic E-state index is 0.295. The van der Waals surface area contributed by atoms with E-state index in [-0.39, 0.29) is 0 Å². The van der Waals surface area contributed by atoms with Gasteiger partial charge in [-0.05, 0) is 24.3 Å². The maximum absolute atomic E-state index is 11.5. The average molecular weight is 403 g/mol. The van der Waals surface area contributed by atoms with E-state index in [0.29, 0.717) is 43.3 Å². The highest BCUT2D eigenvalue weighted by Gasteiger charge is 2.26. The van der Waals surface area contributed by atoms with Crippen molar-refractivity contribution in [2.75, 3.05) is 38.2 Å². The Kier molecular flexibility index (Phi) is 4.65. The van der Waals surface area contributed by atoms with Gasteiger partial charge in [0.25, 0.3) is 10.2 Å². The zero-order valence-electron chi connectivity index (χ0n) is 15.6. The molecule has 0 unspecified atom stereocenters. The van der Waals surface area contributed by atoms with Crippen LogP contribution in [0.4, 0.5) is 5.95 Å². The second kappa shape index (κ2) is 7.00. The van der Waals surface area contributed by atoms with Crippen LogP contribution in [-0.4, -0.2) is 65.5 Å². The zero-order chi connectivity index (χ0) is 19.9. The Morgan fingerprint density at radius 3 is 2.36 bits per heavy atom. The molecule has 11 heteroatoms. The molecule has 2 aromatic heterocycles. The van der Waals surface area contributed by atoms with Crippen LogP contribution < -0.4 is 14.8 Å². The number of nitrogens with two attached hydrogens (primary N) is 1. The lowest BCUT2D eigenvalue weighted by Gasteiger charge is -2.33. The monoisotopic (exact) mass is 403 g/mol. The van der Waals surface area contributed by atoms with E-state index in [4.69, 9.17) is 14.9 Å². The van der Waals surface area contributed by atoms with E-state index in [1.807, 2.05) is 40.8 Å². The quantitative estimate of drug-likeness (QED) is 0.668. The van der Waals surface area contributed by atoms with Gasteiger partial charge in [-0.2, -0.15) is 17.7 Å². The second-order valence-corrected chi connectivity index (χ2v) is 8.11. The summed E-state index contributed by atoms with van der Waals surface area (Å²) in [6, 6.07) is 7.60. The van der Waals surface area contributed by atoms with Crippen LogP contribution in [-0.2, 0) is 17.3 Å². The molecule has 0 amide bonds. The minimum Gasteiger partial charge on any atom is -0.497 e. The van der Waals surface area contributed by atoms with Crippen molar-refractivity contribution >= 4 is 27.3 Å². The molecule has 0 spiro atoms. The number of anilines is 1. The molecule has 0 radical (unpaired) electrons. The van der Waals surface area contributed by atoms with E-state index in [1.54, 1.807) is 13.4 Å². The van der Waals surface area contributed by atoms with Crippen molar-refractivity contribution in [2.45, 2.75) is 0 Å². The van der Waals surface area contributed by atoms with Crippen LogP contribution in [0.1, 0.15) is 0 Å². The van der Waals surface area contributed by atoms with Crippen molar-refractivity contribution in [1.82, 2.24) is 23.8 Å². The predicted molar refractivity (Wildman–Crippen MR) is 105 cm³/mol. The van der Waals surface area contributed by atoms with Crippen LogP contribution in [0.5, 0.6) is 5.75 Å². The molecule has 28 heavy (non-hydrogen) atoms. The number of aryl methyl sites for hydroxylation is 1. The topological polar surface area (TPSA) is 119 Å². The highest BCUT2D eigenvalue weighted by molar-refractivity contribution is 7.86. The molecule has 4 rings (SSSR count). The van der Waals surface area contributed by atoms with Crippen molar-refractivity contribution in [2.24, 2.45) is 12.2 Å². The van der Waals surface area contributed by atoms with Crippen molar-refractivity contribution in [3.63, 3.8) is 0 Å². The molecule has 0 aliphatic carbocycles. The molecule has 3 heterocycles. The van der Waals surface area contributed by atoms with Gasteiger partial charge in [-0.1, -0.05) is 0 Å². The van der Waals surface area contributed by atoms with Gasteiger partial charge in [0, 0.05) is 38.8 Å². The molecule has 1 fully saturated rings. The lowest BCUT2D eigenvalue weighted by Crippen LogP contribution is -2.51. The first-order chi connectivity index (χ1) is 13.4. The Labute approximate surface area is 162 Å². The summed E-state index contributed by atoms with van der Waals surface area (Å²) in [4.78, 5) is 15.8. The first-order valence-corrected chi connectivity index (χ1v) is 10.2. The molecular formula is C17H21N7O3S. The van der Waals surface area contributed by atoms with Gasteiger partial charge >= 0.3 is 0 Å². The van der Waals surface area contributed by atoms with Gasteiger partial charge in [0.1, 0.15) is 17.0 Å². The number of aromatic nitrogens is 4. The van der Waals surface area contributed by atoms with E-state index in [1.165, 1.54) is 4.31 Å². The maximum Gasteiger partial charge on any atom is 0.277 e. The van der Waals surface area contributed by atoms with E-state index in [0.717, 1.165) is 17.0 Å². The average Bonchev–Trinajstić information content (AvgIpc) is 3.08. The summed E-state index contributed by atoms with van der Waals surface area (Å²) in [5.74, 6) is 1.30. The molecule has 148 valence electrons. The fraction of sp³-hybridized carbons (Fsp3) is 0.353. The van der Waals surface area contributed by atoms with Gasteiger partial charge in [0.2, 0.25) is 5.95 Å². The Balaban J connectivity index is 1.73. The van der Waals surface area contributed by atoms with Gasteiger partial charge in [-0.3, -0.25) is 0 Å². The summed E-state index contributed by atoms with van der Waals surface area (Å²) in [5, 5.41) is 5.22.